The molecule has 0 radical (unpaired) electrons. The molecule has 0 spiro atoms. The number of hydrogen-bond acceptors (Lipinski definition) is 2. The number of halogens is 1. The van der Waals surface area contributed by atoms with E-state index in [9.17, 15) is 4.79 Å². The summed E-state index contributed by atoms with van der Waals surface area (Å²) in [5, 5.41) is 3.48. The van der Waals surface area contributed by atoms with Crippen molar-refractivity contribution in [3.05, 3.63) is 58.6 Å². The molecule has 2 aromatic rings. The van der Waals surface area contributed by atoms with Crippen molar-refractivity contribution >= 4 is 23.2 Å². The number of carbonyl (C=O) groups is 1. The van der Waals surface area contributed by atoms with Gasteiger partial charge in [-0.1, -0.05) is 37.6 Å². The van der Waals surface area contributed by atoms with Gasteiger partial charge in [-0.15, -0.1) is 0 Å². The van der Waals surface area contributed by atoms with E-state index in [0.717, 1.165) is 11.3 Å². The number of ether oxygens (including phenoxy) is 1. The van der Waals surface area contributed by atoms with E-state index < -0.39 is 0 Å². The van der Waals surface area contributed by atoms with Crippen LogP contribution < -0.4 is 10.1 Å². The van der Waals surface area contributed by atoms with Crippen molar-refractivity contribution in [2.45, 2.75) is 26.2 Å². The molecular weight excluding hydrogens is 298 g/mol. The number of rotatable bonds is 5. The lowest BCUT2D eigenvalue weighted by atomic mass is 10.0. The van der Waals surface area contributed by atoms with Gasteiger partial charge in [-0.05, 0) is 41.8 Å². The van der Waals surface area contributed by atoms with Crippen LogP contribution in [-0.4, -0.2) is 13.0 Å². The van der Waals surface area contributed by atoms with Gasteiger partial charge in [-0.25, -0.2) is 0 Å². The molecule has 22 heavy (non-hydrogen) atoms. The van der Waals surface area contributed by atoms with Crippen molar-refractivity contribution in [3.8, 4) is 5.75 Å². The van der Waals surface area contributed by atoms with E-state index in [1.165, 1.54) is 5.56 Å². The molecule has 3 nitrogen and oxygen atoms in total. The highest BCUT2D eigenvalue weighted by molar-refractivity contribution is 6.30. The van der Waals surface area contributed by atoms with Crippen molar-refractivity contribution in [2.24, 2.45) is 0 Å². The number of amides is 1. The van der Waals surface area contributed by atoms with Gasteiger partial charge in [-0.2, -0.15) is 0 Å². The van der Waals surface area contributed by atoms with Crippen LogP contribution in [0.15, 0.2) is 42.5 Å². The fourth-order valence-corrected chi connectivity index (χ4v) is 2.41. The molecule has 0 unspecified atom stereocenters. The Hall–Kier alpha value is -2.00. The zero-order chi connectivity index (χ0) is 16.1. The Labute approximate surface area is 136 Å². The van der Waals surface area contributed by atoms with Gasteiger partial charge < -0.3 is 10.1 Å². The van der Waals surface area contributed by atoms with E-state index in [0.29, 0.717) is 16.7 Å². The fourth-order valence-electron chi connectivity index (χ4n) is 2.21. The molecule has 0 heterocycles. The number of methoxy groups -OCH3 is 1. The first-order chi connectivity index (χ1) is 10.5. The minimum absolute atomic E-state index is 0.0992. The van der Waals surface area contributed by atoms with Gasteiger partial charge in [0.25, 0.3) is 0 Å². The summed E-state index contributed by atoms with van der Waals surface area (Å²) >= 11 is 5.98. The molecule has 2 rings (SSSR count). The molecule has 0 saturated heterocycles. The summed E-state index contributed by atoms with van der Waals surface area (Å²) in [6, 6.07) is 13.2. The van der Waals surface area contributed by atoms with Crippen LogP contribution in [-0.2, 0) is 11.2 Å². The van der Waals surface area contributed by atoms with Gasteiger partial charge in [0.1, 0.15) is 5.75 Å². The largest absolute Gasteiger partial charge is 0.496 e. The van der Waals surface area contributed by atoms with E-state index in [1.807, 2.05) is 24.3 Å². The first-order valence-corrected chi connectivity index (χ1v) is 7.59. The lowest BCUT2D eigenvalue weighted by molar-refractivity contribution is -0.115. The van der Waals surface area contributed by atoms with E-state index in [-0.39, 0.29) is 12.3 Å². The smallest absolute Gasteiger partial charge is 0.228 e. The molecule has 2 aromatic carbocycles. The number of nitrogens with one attached hydrogen (secondary N) is 1. The number of carbonyl (C=O) groups excluding carboxylic acids is 1. The predicted octanol–water partition coefficient (Wildman–Crippen LogP) is 4.65. The minimum Gasteiger partial charge on any atom is -0.496 e. The SMILES string of the molecule is COc1ccc(Cl)cc1CC(=O)Nc1ccc(C(C)C)cc1. The lowest BCUT2D eigenvalue weighted by Crippen LogP contribution is -2.15. The van der Waals surface area contributed by atoms with E-state index >= 15 is 0 Å². The first-order valence-electron chi connectivity index (χ1n) is 7.22. The highest BCUT2D eigenvalue weighted by Gasteiger charge is 2.10. The van der Waals surface area contributed by atoms with Crippen molar-refractivity contribution < 1.29 is 9.53 Å². The summed E-state index contributed by atoms with van der Waals surface area (Å²) in [5.41, 5.74) is 2.80. The number of benzene rings is 2. The molecular formula is C18H20ClNO2. The maximum absolute atomic E-state index is 12.2. The van der Waals surface area contributed by atoms with Gasteiger partial charge in [0.15, 0.2) is 0 Å². The van der Waals surface area contributed by atoms with Crippen LogP contribution >= 0.6 is 11.6 Å². The zero-order valence-electron chi connectivity index (χ0n) is 13.0. The zero-order valence-corrected chi connectivity index (χ0v) is 13.8. The Bertz CT molecular complexity index is 651. The van der Waals surface area contributed by atoms with Crippen LogP contribution in [0.3, 0.4) is 0 Å². The van der Waals surface area contributed by atoms with Crippen molar-refractivity contribution in [1.29, 1.82) is 0 Å². The van der Waals surface area contributed by atoms with E-state index in [1.54, 1.807) is 25.3 Å². The molecule has 0 atom stereocenters. The molecule has 0 fully saturated rings. The molecule has 0 aliphatic carbocycles. The van der Waals surface area contributed by atoms with Crippen molar-refractivity contribution in [2.75, 3.05) is 12.4 Å². The molecule has 0 aliphatic heterocycles. The Kier molecular flexibility index (Phi) is 5.45. The van der Waals surface area contributed by atoms with Gasteiger partial charge in [0, 0.05) is 16.3 Å². The predicted molar refractivity (Wildman–Crippen MR) is 90.9 cm³/mol. The topological polar surface area (TPSA) is 38.3 Å². The summed E-state index contributed by atoms with van der Waals surface area (Å²) in [6.45, 7) is 4.28. The summed E-state index contributed by atoms with van der Waals surface area (Å²) in [6.07, 6.45) is 0.218. The average Bonchev–Trinajstić information content (AvgIpc) is 2.48. The molecule has 0 aliphatic rings. The number of anilines is 1. The Morgan fingerprint density at radius 1 is 1.18 bits per heavy atom. The molecule has 0 saturated carbocycles. The van der Waals surface area contributed by atoms with Gasteiger partial charge >= 0.3 is 0 Å². The second kappa shape index (κ2) is 7.32. The van der Waals surface area contributed by atoms with Crippen LogP contribution in [0.1, 0.15) is 30.9 Å². The molecule has 1 amide bonds. The third-order valence-corrected chi connectivity index (χ3v) is 3.69. The maximum atomic E-state index is 12.2. The standard InChI is InChI=1S/C18H20ClNO2/c1-12(2)13-4-7-16(8-5-13)20-18(21)11-14-10-15(19)6-9-17(14)22-3/h4-10,12H,11H2,1-3H3,(H,20,21). The van der Waals surface area contributed by atoms with Gasteiger partial charge in [-0.3, -0.25) is 4.79 Å². The molecule has 4 heteroatoms. The third kappa shape index (κ3) is 4.25. The highest BCUT2D eigenvalue weighted by Crippen LogP contribution is 2.23. The van der Waals surface area contributed by atoms with E-state index in [2.05, 4.69) is 19.2 Å². The van der Waals surface area contributed by atoms with E-state index in [4.69, 9.17) is 16.3 Å². The summed E-state index contributed by atoms with van der Waals surface area (Å²) in [5.74, 6) is 1.04. The third-order valence-electron chi connectivity index (χ3n) is 3.45. The molecule has 116 valence electrons. The minimum atomic E-state index is -0.0992. The molecule has 0 bridgehead atoms. The van der Waals surface area contributed by atoms with Crippen LogP contribution in [0.4, 0.5) is 5.69 Å². The average molecular weight is 318 g/mol. The number of hydrogen-bond donors (Lipinski definition) is 1. The normalized spacial score (nSPS) is 10.6. The fraction of sp³-hybridized carbons (Fsp3) is 0.278. The monoisotopic (exact) mass is 317 g/mol. The van der Waals surface area contributed by atoms with Crippen LogP contribution in [0.5, 0.6) is 5.75 Å². The van der Waals surface area contributed by atoms with Crippen molar-refractivity contribution in [3.63, 3.8) is 0 Å². The first kappa shape index (κ1) is 16.4. The highest BCUT2D eigenvalue weighted by atomic mass is 35.5. The Balaban J connectivity index is 2.05. The second-order valence-electron chi connectivity index (χ2n) is 5.46. The maximum Gasteiger partial charge on any atom is 0.228 e. The summed E-state index contributed by atoms with van der Waals surface area (Å²) < 4.78 is 5.25. The van der Waals surface area contributed by atoms with Crippen molar-refractivity contribution in [1.82, 2.24) is 0 Å². The second-order valence-corrected chi connectivity index (χ2v) is 5.89. The quantitative estimate of drug-likeness (QED) is 0.871. The van der Waals surface area contributed by atoms with Crippen LogP contribution in [0.2, 0.25) is 5.02 Å². The molecule has 0 aromatic heterocycles. The van der Waals surface area contributed by atoms with Gasteiger partial charge in [0.05, 0.1) is 13.5 Å². The van der Waals surface area contributed by atoms with Crippen LogP contribution in [0, 0.1) is 0 Å². The Morgan fingerprint density at radius 3 is 2.45 bits per heavy atom. The van der Waals surface area contributed by atoms with Gasteiger partial charge in [0.2, 0.25) is 5.91 Å². The molecule has 1 N–H and O–H groups in total. The summed E-state index contributed by atoms with van der Waals surface area (Å²) in [7, 11) is 1.58. The lowest BCUT2D eigenvalue weighted by Gasteiger charge is -2.10. The summed E-state index contributed by atoms with van der Waals surface area (Å²) in [4.78, 5) is 12.2. The van der Waals surface area contributed by atoms with Crippen LogP contribution in [0.25, 0.3) is 0 Å². The Morgan fingerprint density at radius 2 is 1.86 bits per heavy atom.